The molecule has 1 aliphatic rings. The minimum atomic E-state index is -3.40. The summed E-state index contributed by atoms with van der Waals surface area (Å²) < 4.78 is 28.6. The summed E-state index contributed by atoms with van der Waals surface area (Å²) >= 11 is 0. The van der Waals surface area contributed by atoms with Crippen molar-refractivity contribution in [1.29, 1.82) is 0 Å². The number of sulfonamides is 1. The van der Waals surface area contributed by atoms with E-state index in [2.05, 4.69) is 0 Å². The number of aromatic nitrogens is 1. The number of hydrogen-bond acceptors (Lipinski definition) is 3. The van der Waals surface area contributed by atoms with Crippen molar-refractivity contribution in [1.82, 2.24) is 8.87 Å². The van der Waals surface area contributed by atoms with Crippen LogP contribution in [0.15, 0.2) is 17.2 Å². The van der Waals surface area contributed by atoms with Crippen LogP contribution in [-0.2, 0) is 16.6 Å². The fraction of sp³-hybridized carbons (Fsp3) is 0.714. The van der Waals surface area contributed by atoms with Crippen molar-refractivity contribution in [2.24, 2.45) is 11.7 Å². The van der Waals surface area contributed by atoms with E-state index < -0.39 is 10.0 Å². The summed E-state index contributed by atoms with van der Waals surface area (Å²) in [7, 11) is -1.73. The van der Waals surface area contributed by atoms with Crippen LogP contribution in [0, 0.1) is 5.92 Å². The lowest BCUT2D eigenvalue weighted by molar-refractivity contribution is 0.263. The number of nitrogens with zero attached hydrogens (tertiary/aromatic N) is 2. The van der Waals surface area contributed by atoms with Gasteiger partial charge in [0.25, 0.3) is 0 Å². The molecule has 1 aliphatic carbocycles. The second-order valence-electron chi connectivity index (χ2n) is 5.95. The highest BCUT2D eigenvalue weighted by molar-refractivity contribution is 7.89. The monoisotopic (exact) mass is 299 g/mol. The molecule has 1 aromatic rings. The van der Waals surface area contributed by atoms with Crippen molar-refractivity contribution in [3.8, 4) is 0 Å². The molecule has 0 saturated heterocycles. The van der Waals surface area contributed by atoms with E-state index in [1.165, 1.54) is 10.7 Å². The molecular formula is C14H25N3O2S. The summed E-state index contributed by atoms with van der Waals surface area (Å²) in [5.41, 5.74) is 6.56. The molecule has 0 radical (unpaired) electrons. The van der Waals surface area contributed by atoms with Crippen LogP contribution in [0.4, 0.5) is 0 Å². The van der Waals surface area contributed by atoms with Gasteiger partial charge in [0.2, 0.25) is 10.0 Å². The van der Waals surface area contributed by atoms with E-state index in [1.54, 1.807) is 19.3 Å². The van der Waals surface area contributed by atoms with Gasteiger partial charge in [0.05, 0.1) is 0 Å². The molecule has 0 amide bonds. The molecule has 2 N–H and O–H groups in total. The Labute approximate surface area is 121 Å². The zero-order valence-electron chi connectivity index (χ0n) is 12.5. The highest BCUT2D eigenvalue weighted by Gasteiger charge is 2.28. The van der Waals surface area contributed by atoms with Crippen molar-refractivity contribution >= 4 is 10.0 Å². The van der Waals surface area contributed by atoms with Gasteiger partial charge < -0.3 is 10.3 Å². The van der Waals surface area contributed by atoms with E-state index >= 15 is 0 Å². The summed E-state index contributed by atoms with van der Waals surface area (Å²) in [6.45, 7) is 5.01. The van der Waals surface area contributed by atoms with Gasteiger partial charge in [-0.2, -0.15) is 0 Å². The maximum absolute atomic E-state index is 12.6. The van der Waals surface area contributed by atoms with Gasteiger partial charge in [-0.05, 0) is 38.7 Å². The van der Waals surface area contributed by atoms with Crippen LogP contribution in [0.1, 0.15) is 44.8 Å². The lowest BCUT2D eigenvalue weighted by Crippen LogP contribution is -2.34. The lowest BCUT2D eigenvalue weighted by Gasteiger charge is -2.29. The number of rotatable bonds is 6. The first-order valence-corrected chi connectivity index (χ1v) is 8.67. The van der Waals surface area contributed by atoms with Crippen LogP contribution in [0.3, 0.4) is 0 Å². The average Bonchev–Trinajstić information content (AvgIpc) is 2.78. The fourth-order valence-corrected chi connectivity index (χ4v) is 3.90. The van der Waals surface area contributed by atoms with Gasteiger partial charge in [-0.25, -0.2) is 12.7 Å². The number of hydrogen-bond donors (Lipinski definition) is 1. The maximum Gasteiger partial charge on any atom is 0.244 e. The molecule has 2 rings (SSSR count). The van der Waals surface area contributed by atoms with E-state index in [0.717, 1.165) is 18.5 Å². The molecule has 5 nitrogen and oxygen atoms in total. The van der Waals surface area contributed by atoms with Crippen LogP contribution in [0.5, 0.6) is 0 Å². The molecule has 20 heavy (non-hydrogen) atoms. The van der Waals surface area contributed by atoms with Gasteiger partial charge in [-0.15, -0.1) is 0 Å². The Kier molecular flexibility index (Phi) is 4.56. The van der Waals surface area contributed by atoms with E-state index in [0.29, 0.717) is 23.9 Å². The van der Waals surface area contributed by atoms with Crippen molar-refractivity contribution in [3.63, 3.8) is 0 Å². The highest BCUT2D eigenvalue weighted by Crippen LogP contribution is 2.29. The molecule has 0 aromatic carbocycles. The molecule has 1 heterocycles. The largest absolute Gasteiger partial charge is 0.346 e. The van der Waals surface area contributed by atoms with Crippen molar-refractivity contribution in [2.45, 2.75) is 50.6 Å². The molecule has 1 saturated carbocycles. The number of nitrogens with two attached hydrogens (primary N) is 1. The molecule has 114 valence electrons. The molecule has 1 fully saturated rings. The Morgan fingerprint density at radius 1 is 1.45 bits per heavy atom. The minimum absolute atomic E-state index is 0.203. The van der Waals surface area contributed by atoms with Crippen LogP contribution >= 0.6 is 0 Å². The quantitative estimate of drug-likeness (QED) is 0.873. The van der Waals surface area contributed by atoms with E-state index in [4.69, 9.17) is 5.73 Å². The van der Waals surface area contributed by atoms with Crippen LogP contribution in [-0.4, -0.2) is 30.9 Å². The first-order valence-electron chi connectivity index (χ1n) is 7.23. The minimum Gasteiger partial charge on any atom is -0.346 e. The van der Waals surface area contributed by atoms with Gasteiger partial charge in [-0.3, -0.25) is 0 Å². The van der Waals surface area contributed by atoms with Crippen molar-refractivity contribution < 1.29 is 8.42 Å². The van der Waals surface area contributed by atoms with Crippen LogP contribution < -0.4 is 5.73 Å². The van der Waals surface area contributed by atoms with E-state index in [1.807, 2.05) is 18.4 Å². The highest BCUT2D eigenvalue weighted by atomic mass is 32.2. The Morgan fingerprint density at radius 2 is 2.10 bits per heavy atom. The van der Waals surface area contributed by atoms with Crippen LogP contribution in [0.2, 0.25) is 0 Å². The fourth-order valence-electron chi connectivity index (χ4n) is 2.60. The molecule has 0 atom stereocenters. The molecule has 6 heteroatoms. The molecule has 0 bridgehead atoms. The van der Waals surface area contributed by atoms with Gasteiger partial charge in [0.15, 0.2) is 0 Å². The van der Waals surface area contributed by atoms with Crippen molar-refractivity contribution in [3.05, 3.63) is 18.0 Å². The van der Waals surface area contributed by atoms with Gasteiger partial charge in [0, 0.05) is 38.1 Å². The predicted molar refractivity (Wildman–Crippen MR) is 79.9 cm³/mol. The summed E-state index contributed by atoms with van der Waals surface area (Å²) in [5.74, 6) is 0.524. The Bertz CT molecular complexity index is 559. The summed E-state index contributed by atoms with van der Waals surface area (Å²) in [6, 6.07) is 1.90. The smallest absolute Gasteiger partial charge is 0.244 e. The predicted octanol–water partition coefficient (Wildman–Crippen LogP) is 1.95. The topological polar surface area (TPSA) is 68.3 Å². The summed E-state index contributed by atoms with van der Waals surface area (Å²) in [4.78, 5) is 0.355. The van der Waals surface area contributed by atoms with Crippen LogP contribution in [0.25, 0.3) is 0 Å². The molecule has 0 aliphatic heterocycles. The molecule has 1 aromatic heterocycles. The molecule has 0 unspecified atom stereocenters. The lowest BCUT2D eigenvalue weighted by atomic mass is 9.86. The Balaban J connectivity index is 2.24. The standard InChI is InChI=1S/C14H25N3O2S/c1-11(2)17-10-14(7-13(17)8-15)20(18,19)16(3)9-12-5-4-6-12/h7,10-12H,4-6,8-9,15H2,1-3H3. The normalized spacial score (nSPS) is 16.9. The summed E-state index contributed by atoms with van der Waals surface area (Å²) in [5, 5.41) is 0. The van der Waals surface area contributed by atoms with E-state index in [-0.39, 0.29) is 6.04 Å². The van der Waals surface area contributed by atoms with Gasteiger partial charge in [-0.1, -0.05) is 6.42 Å². The van der Waals surface area contributed by atoms with Gasteiger partial charge in [0.1, 0.15) is 4.90 Å². The summed E-state index contributed by atoms with van der Waals surface area (Å²) in [6.07, 6.45) is 5.21. The average molecular weight is 299 g/mol. The van der Waals surface area contributed by atoms with Crippen molar-refractivity contribution in [2.75, 3.05) is 13.6 Å². The third kappa shape index (κ3) is 2.92. The second kappa shape index (κ2) is 5.87. The third-order valence-electron chi connectivity index (χ3n) is 4.12. The van der Waals surface area contributed by atoms with Gasteiger partial charge >= 0.3 is 0 Å². The third-order valence-corrected chi connectivity index (χ3v) is 5.91. The Morgan fingerprint density at radius 3 is 2.50 bits per heavy atom. The second-order valence-corrected chi connectivity index (χ2v) is 8.00. The first kappa shape index (κ1) is 15.5. The SMILES string of the molecule is CC(C)n1cc(S(=O)(=O)N(C)CC2CCC2)cc1CN. The Hall–Kier alpha value is -0.850. The molecular weight excluding hydrogens is 274 g/mol. The zero-order chi connectivity index (χ0) is 14.9. The maximum atomic E-state index is 12.6. The zero-order valence-corrected chi connectivity index (χ0v) is 13.4. The molecule has 0 spiro atoms. The van der Waals surface area contributed by atoms with E-state index in [9.17, 15) is 8.42 Å². The first-order chi connectivity index (χ1) is 9.36.